The number of hydrogen-bond acceptors (Lipinski definition) is 6. The fourth-order valence-electron chi connectivity index (χ4n) is 3.04. The van der Waals surface area contributed by atoms with Crippen molar-refractivity contribution in [1.29, 1.82) is 0 Å². The molecule has 1 aromatic carbocycles. The Balaban J connectivity index is 2.15. The highest BCUT2D eigenvalue weighted by Gasteiger charge is 2.29. The molecule has 1 heterocycles. The molecule has 0 fully saturated rings. The summed E-state index contributed by atoms with van der Waals surface area (Å²) in [5.74, 6) is -3.58. The SMILES string of the molecule is CC(O)C(N)C(=O)NC(CCC(N)=O)C(=O)NC(Cc1c[nH]c2ccccc12)C(=O)O. The van der Waals surface area contributed by atoms with Crippen molar-refractivity contribution in [3.63, 3.8) is 0 Å². The van der Waals surface area contributed by atoms with Crippen molar-refractivity contribution in [2.45, 2.75) is 50.4 Å². The average molecular weight is 433 g/mol. The number of fused-ring (bicyclic) bond motifs is 1. The monoisotopic (exact) mass is 433 g/mol. The van der Waals surface area contributed by atoms with Crippen LogP contribution in [0.25, 0.3) is 10.9 Å². The molecule has 0 spiro atoms. The van der Waals surface area contributed by atoms with Crippen LogP contribution in [0.5, 0.6) is 0 Å². The lowest BCUT2D eigenvalue weighted by Crippen LogP contribution is -2.56. The number of carboxylic acid groups (broad SMARTS) is 1. The van der Waals surface area contributed by atoms with E-state index in [0.29, 0.717) is 5.56 Å². The Hall–Kier alpha value is -3.44. The average Bonchev–Trinajstić information content (AvgIpc) is 3.12. The molecule has 3 amide bonds. The molecule has 1 aromatic heterocycles. The number of para-hydroxylation sites is 1. The normalized spacial score (nSPS) is 14.9. The number of carbonyl (C=O) groups excluding carboxylic acids is 3. The van der Waals surface area contributed by atoms with Crippen LogP contribution in [0.4, 0.5) is 0 Å². The van der Waals surface area contributed by atoms with Crippen LogP contribution in [0.2, 0.25) is 0 Å². The summed E-state index contributed by atoms with van der Waals surface area (Å²) >= 11 is 0. The van der Waals surface area contributed by atoms with Gasteiger partial charge in [0.1, 0.15) is 18.1 Å². The van der Waals surface area contributed by atoms with Gasteiger partial charge in [-0.3, -0.25) is 14.4 Å². The third-order valence-corrected chi connectivity index (χ3v) is 4.85. The van der Waals surface area contributed by atoms with Crippen LogP contribution in [-0.2, 0) is 25.6 Å². The van der Waals surface area contributed by atoms with Gasteiger partial charge in [0.05, 0.1) is 6.10 Å². The second kappa shape index (κ2) is 10.5. The molecule has 0 aliphatic rings. The lowest BCUT2D eigenvalue weighted by molar-refractivity contribution is -0.142. The number of aromatic amines is 1. The number of amides is 3. The number of hydrogen-bond donors (Lipinski definition) is 7. The molecule has 9 N–H and O–H groups in total. The van der Waals surface area contributed by atoms with Crippen LogP contribution >= 0.6 is 0 Å². The van der Waals surface area contributed by atoms with Gasteiger partial charge >= 0.3 is 5.97 Å². The number of aromatic nitrogens is 1. The fourth-order valence-corrected chi connectivity index (χ4v) is 3.04. The van der Waals surface area contributed by atoms with Crippen LogP contribution in [0.15, 0.2) is 30.5 Å². The summed E-state index contributed by atoms with van der Waals surface area (Å²) in [5.41, 5.74) is 12.2. The van der Waals surface area contributed by atoms with Crippen molar-refractivity contribution in [3.05, 3.63) is 36.0 Å². The van der Waals surface area contributed by atoms with Gasteiger partial charge in [-0.15, -0.1) is 0 Å². The quantitative estimate of drug-likeness (QED) is 0.229. The lowest BCUT2D eigenvalue weighted by Gasteiger charge is -2.23. The van der Waals surface area contributed by atoms with Crippen molar-refractivity contribution in [3.8, 4) is 0 Å². The summed E-state index contributed by atoms with van der Waals surface area (Å²) < 4.78 is 0. The van der Waals surface area contributed by atoms with Gasteiger partial charge in [-0.1, -0.05) is 18.2 Å². The molecule has 4 atom stereocenters. The lowest BCUT2D eigenvalue weighted by atomic mass is 10.0. The number of aliphatic hydroxyl groups is 1. The van der Waals surface area contributed by atoms with Crippen molar-refractivity contribution in [2.24, 2.45) is 11.5 Å². The van der Waals surface area contributed by atoms with Gasteiger partial charge < -0.3 is 37.3 Å². The maximum absolute atomic E-state index is 12.7. The summed E-state index contributed by atoms with van der Waals surface area (Å²) in [7, 11) is 0. The molecular formula is C20H27N5O6. The molecule has 11 heteroatoms. The molecule has 0 bridgehead atoms. The molecule has 11 nitrogen and oxygen atoms in total. The molecule has 0 saturated carbocycles. The third-order valence-electron chi connectivity index (χ3n) is 4.85. The first-order chi connectivity index (χ1) is 14.6. The van der Waals surface area contributed by atoms with Crippen molar-refractivity contribution >= 4 is 34.6 Å². The second-order valence-corrected chi connectivity index (χ2v) is 7.30. The zero-order valence-electron chi connectivity index (χ0n) is 17.0. The van der Waals surface area contributed by atoms with Gasteiger partial charge in [0.25, 0.3) is 0 Å². The number of nitrogens with two attached hydrogens (primary N) is 2. The highest BCUT2D eigenvalue weighted by Crippen LogP contribution is 2.19. The van der Waals surface area contributed by atoms with Gasteiger partial charge in [0.15, 0.2) is 0 Å². The minimum absolute atomic E-state index is 0.00520. The summed E-state index contributed by atoms with van der Waals surface area (Å²) in [6, 6.07) is 3.48. The number of aliphatic carboxylic acids is 1. The smallest absolute Gasteiger partial charge is 0.326 e. The predicted octanol–water partition coefficient (Wildman–Crippen LogP) is -1.26. The summed E-state index contributed by atoms with van der Waals surface area (Å²) in [6.45, 7) is 1.31. The standard InChI is InChI=1S/C20H27N5O6/c1-10(26)17(22)19(29)24-14(6-7-16(21)27)18(28)25-15(20(30)31)8-11-9-23-13-5-3-2-4-12(11)13/h2-5,9-10,14-15,17,23,26H,6-8,22H2,1H3,(H2,21,27)(H,24,29)(H,25,28)(H,30,31). The molecular weight excluding hydrogens is 406 g/mol. The topological polar surface area (TPSA) is 201 Å². The minimum atomic E-state index is -1.30. The van der Waals surface area contributed by atoms with Crippen LogP contribution in [-0.4, -0.2) is 63.1 Å². The molecule has 31 heavy (non-hydrogen) atoms. The van der Waals surface area contributed by atoms with Gasteiger partial charge in [0.2, 0.25) is 17.7 Å². The Morgan fingerprint density at radius 3 is 2.35 bits per heavy atom. The molecule has 168 valence electrons. The molecule has 2 aromatic rings. The van der Waals surface area contributed by atoms with Gasteiger partial charge in [-0.25, -0.2) is 4.79 Å². The Labute approximate surface area is 178 Å². The van der Waals surface area contributed by atoms with E-state index in [1.54, 1.807) is 6.20 Å². The van der Waals surface area contributed by atoms with E-state index in [1.165, 1.54) is 6.92 Å². The number of aliphatic hydroxyl groups excluding tert-OH is 1. The molecule has 0 aliphatic carbocycles. The number of nitrogens with one attached hydrogen (secondary N) is 3. The van der Waals surface area contributed by atoms with Crippen LogP contribution < -0.4 is 22.1 Å². The molecule has 0 aliphatic heterocycles. The number of carboxylic acids is 1. The maximum atomic E-state index is 12.7. The Kier molecular flexibility index (Phi) is 8.11. The second-order valence-electron chi connectivity index (χ2n) is 7.30. The minimum Gasteiger partial charge on any atom is -0.480 e. The van der Waals surface area contributed by atoms with Gasteiger partial charge in [0, 0.05) is 29.9 Å². The van der Waals surface area contributed by atoms with Crippen molar-refractivity contribution < 1.29 is 29.4 Å². The fraction of sp³-hybridized carbons (Fsp3) is 0.400. The summed E-state index contributed by atoms with van der Waals surface area (Å²) in [4.78, 5) is 50.8. The summed E-state index contributed by atoms with van der Waals surface area (Å²) in [5, 5.41) is 24.6. The number of rotatable bonds is 11. The van der Waals surface area contributed by atoms with E-state index < -0.39 is 47.9 Å². The van der Waals surface area contributed by atoms with E-state index in [-0.39, 0.29) is 19.3 Å². The number of carbonyl (C=O) groups is 4. The Morgan fingerprint density at radius 2 is 1.74 bits per heavy atom. The zero-order chi connectivity index (χ0) is 23.1. The van der Waals surface area contributed by atoms with Crippen molar-refractivity contribution in [1.82, 2.24) is 15.6 Å². The first-order valence-electron chi connectivity index (χ1n) is 9.70. The molecule has 2 rings (SSSR count). The van der Waals surface area contributed by atoms with E-state index in [0.717, 1.165) is 10.9 Å². The Bertz CT molecular complexity index is 956. The van der Waals surface area contributed by atoms with Gasteiger partial charge in [-0.05, 0) is 25.0 Å². The molecule has 0 radical (unpaired) electrons. The van der Waals surface area contributed by atoms with E-state index in [9.17, 15) is 29.4 Å². The van der Waals surface area contributed by atoms with Crippen LogP contribution in [0.3, 0.4) is 0 Å². The number of H-pyrrole nitrogens is 1. The highest BCUT2D eigenvalue weighted by molar-refractivity contribution is 5.92. The van der Waals surface area contributed by atoms with E-state index in [2.05, 4.69) is 15.6 Å². The predicted molar refractivity (Wildman–Crippen MR) is 112 cm³/mol. The van der Waals surface area contributed by atoms with Crippen LogP contribution in [0, 0.1) is 0 Å². The van der Waals surface area contributed by atoms with Gasteiger partial charge in [-0.2, -0.15) is 0 Å². The largest absolute Gasteiger partial charge is 0.480 e. The third kappa shape index (κ3) is 6.52. The highest BCUT2D eigenvalue weighted by atomic mass is 16.4. The summed E-state index contributed by atoms with van der Waals surface area (Å²) in [6.07, 6.45) is 0.116. The zero-order valence-corrected chi connectivity index (χ0v) is 17.0. The van der Waals surface area contributed by atoms with Crippen LogP contribution in [0.1, 0.15) is 25.3 Å². The van der Waals surface area contributed by atoms with E-state index >= 15 is 0 Å². The number of primary amides is 1. The Morgan fingerprint density at radius 1 is 1.10 bits per heavy atom. The van der Waals surface area contributed by atoms with E-state index in [1.807, 2.05) is 24.3 Å². The first-order valence-corrected chi connectivity index (χ1v) is 9.70. The number of benzene rings is 1. The van der Waals surface area contributed by atoms with E-state index in [4.69, 9.17) is 11.5 Å². The first kappa shape index (κ1) is 23.8. The molecule has 0 saturated heterocycles. The molecule has 4 unspecified atom stereocenters. The maximum Gasteiger partial charge on any atom is 0.326 e. The van der Waals surface area contributed by atoms with Crippen molar-refractivity contribution in [2.75, 3.05) is 0 Å².